The normalized spacial score (nSPS) is 11.3. The minimum Gasteiger partial charge on any atom is -0.335 e. The van der Waals surface area contributed by atoms with Gasteiger partial charge in [0, 0.05) is 12.1 Å². The van der Waals surface area contributed by atoms with Gasteiger partial charge in [-0.3, -0.25) is 9.59 Å². The van der Waals surface area contributed by atoms with Crippen molar-refractivity contribution in [2.75, 3.05) is 13.6 Å². The summed E-state index contributed by atoms with van der Waals surface area (Å²) in [6.07, 6.45) is 0. The molecule has 0 bridgehead atoms. The van der Waals surface area contributed by atoms with Gasteiger partial charge >= 0.3 is 11.8 Å². The molecule has 0 saturated carbocycles. The highest BCUT2D eigenvalue weighted by Gasteiger charge is 2.23. The van der Waals surface area contributed by atoms with Crippen molar-refractivity contribution in [3.63, 3.8) is 0 Å². The van der Waals surface area contributed by atoms with Crippen LogP contribution in [0.2, 0.25) is 5.02 Å². The number of nitrogens with one attached hydrogen (secondary N) is 1. The van der Waals surface area contributed by atoms with E-state index in [1.165, 1.54) is 11.9 Å². The molecule has 0 radical (unpaired) electrons. The Balaban J connectivity index is 2.77. The quantitative estimate of drug-likeness (QED) is 0.673. The van der Waals surface area contributed by atoms with E-state index in [2.05, 4.69) is 5.32 Å². The summed E-state index contributed by atoms with van der Waals surface area (Å²) >= 11 is 5.89. The van der Waals surface area contributed by atoms with Gasteiger partial charge < -0.3 is 10.2 Å². The summed E-state index contributed by atoms with van der Waals surface area (Å²) in [6.45, 7) is 1.60. The third-order valence-electron chi connectivity index (χ3n) is 2.75. The van der Waals surface area contributed by atoms with E-state index in [0.717, 1.165) is 5.56 Å². The molecule has 1 aromatic rings. The molecule has 5 nitrogen and oxygen atoms in total. The number of nitrogens with zero attached hydrogens (tertiary/aromatic N) is 2. The van der Waals surface area contributed by atoms with Gasteiger partial charge in [0.25, 0.3) is 0 Å². The second-order valence-electron chi connectivity index (χ2n) is 3.99. The lowest BCUT2D eigenvalue weighted by atomic mass is 10.1. The highest BCUT2D eigenvalue weighted by molar-refractivity contribution is 6.35. The lowest BCUT2D eigenvalue weighted by molar-refractivity contribution is -0.146. The van der Waals surface area contributed by atoms with Crippen LogP contribution in [0.4, 0.5) is 0 Å². The highest BCUT2D eigenvalue weighted by Crippen LogP contribution is 2.21. The Kier molecular flexibility index (Phi) is 5.34. The molecule has 6 heteroatoms. The van der Waals surface area contributed by atoms with Crippen LogP contribution in [0.25, 0.3) is 0 Å². The van der Waals surface area contributed by atoms with Gasteiger partial charge in [0.05, 0.1) is 12.1 Å². The standard InChI is InChI=1S/C13H14ClN3O2/c1-9(10-4-3-5-11(14)8-10)17(2)13(19)12(18)16-7-6-15/h3-5,8-9H,7H2,1-2H3,(H,16,18). The molecule has 0 fully saturated rings. The number of amides is 2. The Bertz CT molecular complexity index is 525. The zero-order valence-corrected chi connectivity index (χ0v) is 11.4. The summed E-state index contributed by atoms with van der Waals surface area (Å²) in [5.74, 6) is -1.49. The van der Waals surface area contributed by atoms with Gasteiger partial charge in [0.2, 0.25) is 0 Å². The average molecular weight is 280 g/mol. The summed E-state index contributed by atoms with van der Waals surface area (Å²) in [6, 6.07) is 8.53. The molecule has 19 heavy (non-hydrogen) atoms. The fourth-order valence-electron chi connectivity index (χ4n) is 1.52. The number of nitriles is 1. The minimum absolute atomic E-state index is 0.191. The molecule has 0 aliphatic heterocycles. The third kappa shape index (κ3) is 3.97. The summed E-state index contributed by atoms with van der Waals surface area (Å²) < 4.78 is 0. The number of halogens is 1. The molecule has 1 rings (SSSR count). The predicted octanol–water partition coefficient (Wildman–Crippen LogP) is 1.50. The molecule has 0 spiro atoms. The van der Waals surface area contributed by atoms with Crippen LogP contribution in [0.3, 0.4) is 0 Å². The van der Waals surface area contributed by atoms with Gasteiger partial charge in [-0.25, -0.2) is 0 Å². The van der Waals surface area contributed by atoms with Crippen molar-refractivity contribution < 1.29 is 9.59 Å². The van der Waals surface area contributed by atoms with E-state index in [-0.39, 0.29) is 12.6 Å². The molecule has 0 aliphatic rings. The van der Waals surface area contributed by atoms with Crippen LogP contribution < -0.4 is 5.32 Å². The molecule has 1 atom stereocenters. The minimum atomic E-state index is -0.794. The smallest absolute Gasteiger partial charge is 0.312 e. The molecule has 1 aromatic carbocycles. The largest absolute Gasteiger partial charge is 0.335 e. The monoisotopic (exact) mass is 279 g/mol. The van der Waals surface area contributed by atoms with Crippen molar-refractivity contribution in [1.29, 1.82) is 5.26 Å². The van der Waals surface area contributed by atoms with Crippen molar-refractivity contribution in [3.8, 4) is 6.07 Å². The summed E-state index contributed by atoms with van der Waals surface area (Å²) in [5.41, 5.74) is 0.830. The molecule has 0 saturated heterocycles. The van der Waals surface area contributed by atoms with Gasteiger partial charge in [0.1, 0.15) is 6.54 Å². The van der Waals surface area contributed by atoms with E-state index >= 15 is 0 Å². The molecule has 0 heterocycles. The van der Waals surface area contributed by atoms with Gasteiger partial charge in [-0.05, 0) is 24.6 Å². The number of benzene rings is 1. The molecule has 100 valence electrons. The predicted molar refractivity (Wildman–Crippen MR) is 71.3 cm³/mol. The summed E-state index contributed by atoms with van der Waals surface area (Å²) in [4.78, 5) is 24.6. The van der Waals surface area contributed by atoms with Crippen LogP contribution in [0.5, 0.6) is 0 Å². The van der Waals surface area contributed by atoms with Crippen molar-refractivity contribution in [2.45, 2.75) is 13.0 Å². The van der Waals surface area contributed by atoms with Crippen LogP contribution in [0, 0.1) is 11.3 Å². The lowest BCUT2D eigenvalue weighted by Gasteiger charge is -2.24. The maximum atomic E-state index is 11.8. The fraction of sp³-hybridized carbons (Fsp3) is 0.308. The van der Waals surface area contributed by atoms with Gasteiger partial charge in [-0.15, -0.1) is 0 Å². The van der Waals surface area contributed by atoms with Crippen LogP contribution in [0.1, 0.15) is 18.5 Å². The summed E-state index contributed by atoms with van der Waals surface area (Å²) in [7, 11) is 1.53. The lowest BCUT2D eigenvalue weighted by Crippen LogP contribution is -2.42. The van der Waals surface area contributed by atoms with E-state index in [0.29, 0.717) is 5.02 Å². The third-order valence-corrected chi connectivity index (χ3v) is 2.99. The molecular formula is C13H14ClN3O2. The Morgan fingerprint density at radius 1 is 1.53 bits per heavy atom. The van der Waals surface area contributed by atoms with Crippen molar-refractivity contribution in [3.05, 3.63) is 34.9 Å². The number of carbonyl (C=O) groups is 2. The number of carbonyl (C=O) groups excluding carboxylic acids is 2. The van der Waals surface area contributed by atoms with E-state index in [9.17, 15) is 9.59 Å². The van der Waals surface area contributed by atoms with E-state index in [4.69, 9.17) is 16.9 Å². The van der Waals surface area contributed by atoms with Crippen molar-refractivity contribution in [1.82, 2.24) is 10.2 Å². The van der Waals surface area contributed by atoms with Gasteiger partial charge in [-0.1, -0.05) is 23.7 Å². The van der Waals surface area contributed by atoms with Crippen molar-refractivity contribution >= 4 is 23.4 Å². The molecule has 0 aromatic heterocycles. The summed E-state index contributed by atoms with van der Waals surface area (Å²) in [5, 5.41) is 11.1. The van der Waals surface area contributed by atoms with E-state index < -0.39 is 11.8 Å². The number of hydrogen-bond acceptors (Lipinski definition) is 3. The first-order valence-corrected chi connectivity index (χ1v) is 6.02. The maximum Gasteiger partial charge on any atom is 0.312 e. The molecule has 1 unspecified atom stereocenters. The van der Waals surface area contributed by atoms with Gasteiger partial charge in [0.15, 0.2) is 0 Å². The number of rotatable bonds is 3. The SMILES string of the molecule is CC(c1cccc(Cl)c1)N(C)C(=O)C(=O)NCC#N. The van der Waals surface area contributed by atoms with Crippen LogP contribution >= 0.6 is 11.6 Å². The molecule has 1 N–H and O–H groups in total. The van der Waals surface area contributed by atoms with Crippen LogP contribution in [-0.2, 0) is 9.59 Å². The maximum absolute atomic E-state index is 11.8. The van der Waals surface area contributed by atoms with Crippen molar-refractivity contribution in [2.24, 2.45) is 0 Å². The Morgan fingerprint density at radius 2 is 2.21 bits per heavy atom. The van der Waals surface area contributed by atoms with Crippen LogP contribution in [0.15, 0.2) is 24.3 Å². The zero-order chi connectivity index (χ0) is 14.4. The first kappa shape index (κ1) is 15.0. The molecular weight excluding hydrogens is 266 g/mol. The van der Waals surface area contributed by atoms with Crippen LogP contribution in [-0.4, -0.2) is 30.3 Å². The first-order chi connectivity index (χ1) is 8.97. The topological polar surface area (TPSA) is 73.2 Å². The zero-order valence-electron chi connectivity index (χ0n) is 10.7. The highest BCUT2D eigenvalue weighted by atomic mass is 35.5. The fourth-order valence-corrected chi connectivity index (χ4v) is 1.72. The van der Waals surface area contributed by atoms with Gasteiger partial charge in [-0.2, -0.15) is 5.26 Å². The Labute approximate surface area is 116 Å². The van der Waals surface area contributed by atoms with E-state index in [1.54, 1.807) is 31.2 Å². The second kappa shape index (κ2) is 6.76. The average Bonchev–Trinajstić information content (AvgIpc) is 2.42. The second-order valence-corrected chi connectivity index (χ2v) is 4.42. The Morgan fingerprint density at radius 3 is 2.79 bits per heavy atom. The number of hydrogen-bond donors (Lipinski definition) is 1. The van der Waals surface area contributed by atoms with E-state index in [1.807, 2.05) is 6.07 Å². The molecule has 0 aliphatic carbocycles. The number of likely N-dealkylation sites (N-methyl/N-ethyl adjacent to an activating group) is 1. The molecule has 2 amide bonds. The first-order valence-electron chi connectivity index (χ1n) is 5.64. The Hall–Kier alpha value is -2.06.